The van der Waals surface area contributed by atoms with Crippen molar-refractivity contribution in [2.75, 3.05) is 7.11 Å². The number of halogens is 5. The molecule has 13 heteroatoms. The first-order valence-corrected chi connectivity index (χ1v) is 14.9. The third kappa shape index (κ3) is 8.90. The molecule has 0 spiro atoms. The first-order valence-electron chi connectivity index (χ1n) is 13.0. The Bertz CT molecular complexity index is 1930. The Hall–Kier alpha value is -4.31. The average molecular weight is 719 g/mol. The summed E-state index contributed by atoms with van der Waals surface area (Å²) in [6.07, 6.45) is 2.79. The first kappa shape index (κ1) is 34.6. The highest BCUT2D eigenvalue weighted by molar-refractivity contribution is 6.42. The minimum absolute atomic E-state index is 0.0305. The summed E-state index contributed by atoms with van der Waals surface area (Å²) in [5.41, 5.74) is 1.31. The number of hydrogen-bond acceptors (Lipinski definition) is 8. The summed E-state index contributed by atoms with van der Waals surface area (Å²) in [5, 5.41) is 19.8. The quantitative estimate of drug-likeness (QED) is 0.102. The van der Waals surface area contributed by atoms with Crippen molar-refractivity contribution < 1.29 is 29.1 Å². The van der Waals surface area contributed by atoms with Crippen LogP contribution in [-0.4, -0.2) is 36.6 Å². The summed E-state index contributed by atoms with van der Waals surface area (Å²) in [6, 6.07) is 26.0. The molecule has 0 amide bonds. The predicted molar refractivity (Wildman–Crippen MR) is 183 cm³/mol. The van der Waals surface area contributed by atoms with Gasteiger partial charge in [0.05, 0.1) is 40.2 Å². The van der Waals surface area contributed by atoms with Gasteiger partial charge in [-0.15, -0.1) is 0 Å². The van der Waals surface area contributed by atoms with Crippen molar-refractivity contribution in [1.82, 2.24) is 0 Å². The zero-order chi connectivity index (χ0) is 33.2. The fourth-order valence-electron chi connectivity index (χ4n) is 3.94. The fourth-order valence-corrected chi connectivity index (χ4v) is 5.41. The van der Waals surface area contributed by atoms with E-state index in [4.69, 9.17) is 72.4 Å². The zero-order valence-corrected chi connectivity index (χ0v) is 27.4. The van der Waals surface area contributed by atoms with Gasteiger partial charge in [-0.3, -0.25) is 0 Å². The van der Waals surface area contributed by atoms with Gasteiger partial charge in [0, 0.05) is 15.6 Å². The second-order valence-electron chi connectivity index (χ2n) is 9.07. The number of hydrogen-bond donors (Lipinski definition) is 1. The van der Waals surface area contributed by atoms with Gasteiger partial charge in [-0.25, -0.2) is 9.59 Å². The van der Waals surface area contributed by atoms with Crippen LogP contribution in [0.1, 0.15) is 31.8 Å². The van der Waals surface area contributed by atoms with E-state index in [-0.39, 0.29) is 31.2 Å². The van der Waals surface area contributed by atoms with E-state index in [1.165, 1.54) is 36.7 Å². The van der Waals surface area contributed by atoms with Gasteiger partial charge < -0.3 is 19.5 Å². The topological polar surface area (TPSA) is 107 Å². The van der Waals surface area contributed by atoms with Gasteiger partial charge in [0.25, 0.3) is 0 Å². The molecule has 0 aliphatic rings. The number of rotatable bonds is 7. The molecular formula is C33H21Cl5N2O6. The molecule has 234 valence electrons. The number of oxime groups is 2. The van der Waals surface area contributed by atoms with E-state index in [2.05, 4.69) is 10.3 Å². The number of fused-ring (bicyclic) bond motifs is 1. The van der Waals surface area contributed by atoms with Crippen LogP contribution >= 0.6 is 58.0 Å². The van der Waals surface area contributed by atoms with Crippen molar-refractivity contribution in [3.8, 4) is 11.5 Å². The lowest BCUT2D eigenvalue weighted by Gasteiger charge is -2.08. The third-order valence-electron chi connectivity index (χ3n) is 6.06. The molecule has 8 nitrogen and oxygen atoms in total. The van der Waals surface area contributed by atoms with Crippen molar-refractivity contribution in [2.45, 2.75) is 0 Å². The number of methoxy groups -OCH3 is 1. The Balaban J connectivity index is 0.000000216. The predicted octanol–water partition coefficient (Wildman–Crippen LogP) is 9.89. The van der Waals surface area contributed by atoms with Gasteiger partial charge in [0.15, 0.2) is 0 Å². The van der Waals surface area contributed by atoms with Crippen LogP contribution in [0.3, 0.4) is 0 Å². The molecule has 46 heavy (non-hydrogen) atoms. The maximum Gasteiger partial charge on any atom is 0.369 e. The minimum Gasteiger partial charge on any atom is -0.505 e. The number of carbonyl (C=O) groups is 2. The number of ether oxygens (including phenoxy) is 1. The van der Waals surface area contributed by atoms with Crippen LogP contribution < -0.4 is 4.74 Å². The Kier molecular flexibility index (Phi) is 12.3. The van der Waals surface area contributed by atoms with Gasteiger partial charge in [-0.05, 0) is 46.7 Å². The number of phenols is 1. The molecule has 1 N–H and O–H groups in total. The second kappa shape index (κ2) is 16.3. The number of carbonyl (C=O) groups excluding carboxylic acids is 2. The molecule has 0 heterocycles. The van der Waals surface area contributed by atoms with Gasteiger partial charge in [0.1, 0.15) is 17.1 Å². The summed E-state index contributed by atoms with van der Waals surface area (Å²) in [6.45, 7) is 0. The highest BCUT2D eigenvalue weighted by atomic mass is 35.5. The molecule has 0 bridgehead atoms. The van der Waals surface area contributed by atoms with Crippen LogP contribution in [0.2, 0.25) is 25.1 Å². The number of phenolic OH excluding ortho intramolecular Hbond substituents is 1. The first-order chi connectivity index (χ1) is 22.1. The fraction of sp³-hybridized carbons (Fsp3) is 0.0303. The molecule has 0 fully saturated rings. The highest BCUT2D eigenvalue weighted by Crippen LogP contribution is 2.32. The summed E-state index contributed by atoms with van der Waals surface area (Å²) in [4.78, 5) is 33.6. The molecular weight excluding hydrogens is 698 g/mol. The van der Waals surface area contributed by atoms with Gasteiger partial charge >= 0.3 is 11.9 Å². The number of nitrogens with zero attached hydrogens (tertiary/aromatic N) is 2. The van der Waals surface area contributed by atoms with E-state index < -0.39 is 17.7 Å². The van der Waals surface area contributed by atoms with E-state index in [9.17, 15) is 14.7 Å². The van der Waals surface area contributed by atoms with E-state index in [0.717, 1.165) is 16.3 Å². The minimum atomic E-state index is -0.887. The standard InChI is InChI=1S/C19H13Cl2NO4.C14H8Cl3NO2/c1-25-17-7-6-11-4-2-3-5-13(11)15(17)10-22-26-19(24)14-8-12(20)9-16(21)18(14)23;15-10-6-11(16)13(12(17)7-10)14(19)20-18-8-9-4-2-1-3-5-9/h2-10,23H,1H3;1-8H/b22-10+;18-8+. The van der Waals surface area contributed by atoms with E-state index in [1.54, 1.807) is 13.2 Å². The second-order valence-corrected chi connectivity index (χ2v) is 11.2. The lowest BCUT2D eigenvalue weighted by Crippen LogP contribution is -2.03. The Labute approximate surface area is 288 Å². The van der Waals surface area contributed by atoms with Gasteiger partial charge in [-0.2, -0.15) is 0 Å². The number of aromatic hydroxyl groups is 1. The SMILES string of the molecule is COc1ccc2ccccc2c1/C=N/OC(=O)c1cc(Cl)cc(Cl)c1O.O=C(O/N=C/c1ccccc1)c1c(Cl)cc(Cl)cc1Cl. The smallest absolute Gasteiger partial charge is 0.369 e. The van der Waals surface area contributed by atoms with Gasteiger partial charge in [-0.1, -0.05) is 129 Å². The average Bonchev–Trinajstić information content (AvgIpc) is 3.03. The molecule has 0 aromatic heterocycles. The molecule has 0 unspecified atom stereocenters. The van der Waals surface area contributed by atoms with Crippen molar-refractivity contribution in [1.29, 1.82) is 0 Å². The third-order valence-corrected chi connectivity index (χ3v) is 7.38. The molecule has 0 aliphatic heterocycles. The Morgan fingerprint density at radius 2 is 1.28 bits per heavy atom. The molecule has 0 saturated heterocycles. The van der Waals surface area contributed by atoms with Crippen molar-refractivity contribution in [3.63, 3.8) is 0 Å². The molecule has 5 aromatic rings. The van der Waals surface area contributed by atoms with Crippen LogP contribution in [0.15, 0.2) is 101 Å². The summed E-state index contributed by atoms with van der Waals surface area (Å²) >= 11 is 29.2. The van der Waals surface area contributed by atoms with E-state index in [0.29, 0.717) is 16.3 Å². The summed E-state index contributed by atoms with van der Waals surface area (Å²) < 4.78 is 5.34. The van der Waals surface area contributed by atoms with Crippen molar-refractivity contribution in [3.05, 3.63) is 138 Å². The highest BCUT2D eigenvalue weighted by Gasteiger charge is 2.18. The molecule has 5 rings (SSSR count). The normalized spacial score (nSPS) is 10.9. The van der Waals surface area contributed by atoms with Crippen LogP contribution in [0, 0.1) is 0 Å². The Morgan fingerprint density at radius 1 is 0.696 bits per heavy atom. The van der Waals surface area contributed by atoms with E-state index in [1.807, 2.05) is 60.7 Å². The van der Waals surface area contributed by atoms with Crippen molar-refractivity contribution in [2.24, 2.45) is 10.3 Å². The maximum absolute atomic E-state index is 12.1. The lowest BCUT2D eigenvalue weighted by atomic mass is 10.0. The molecule has 5 aromatic carbocycles. The van der Waals surface area contributed by atoms with Crippen molar-refractivity contribution >= 4 is 93.1 Å². The molecule has 0 saturated carbocycles. The monoisotopic (exact) mass is 716 g/mol. The van der Waals surface area contributed by atoms with Crippen LogP contribution in [0.25, 0.3) is 10.8 Å². The summed E-state index contributed by atoms with van der Waals surface area (Å²) in [5.74, 6) is -1.47. The summed E-state index contributed by atoms with van der Waals surface area (Å²) in [7, 11) is 1.54. The largest absolute Gasteiger partial charge is 0.505 e. The number of benzene rings is 5. The van der Waals surface area contributed by atoms with Crippen LogP contribution in [-0.2, 0) is 9.68 Å². The van der Waals surface area contributed by atoms with E-state index >= 15 is 0 Å². The van der Waals surface area contributed by atoms with Gasteiger partial charge in [0.2, 0.25) is 0 Å². The van der Waals surface area contributed by atoms with Crippen LogP contribution in [0.5, 0.6) is 11.5 Å². The van der Waals surface area contributed by atoms with Crippen LogP contribution in [0.4, 0.5) is 0 Å². The zero-order valence-electron chi connectivity index (χ0n) is 23.6. The molecule has 0 aliphatic carbocycles. The Morgan fingerprint density at radius 3 is 1.98 bits per heavy atom. The lowest BCUT2D eigenvalue weighted by molar-refractivity contribution is 0.0508. The maximum atomic E-state index is 12.1. The molecule has 0 atom stereocenters. The molecule has 0 radical (unpaired) electrons.